The van der Waals surface area contributed by atoms with Crippen LogP contribution in [0.3, 0.4) is 0 Å². The summed E-state index contributed by atoms with van der Waals surface area (Å²) in [5.74, 6) is 0.249. The van der Waals surface area contributed by atoms with E-state index in [1.54, 1.807) is 29.3 Å². The molecule has 100 valence electrons. The number of hydrogen-bond donors (Lipinski definition) is 1. The van der Waals surface area contributed by atoms with E-state index in [2.05, 4.69) is 5.32 Å². The Labute approximate surface area is 111 Å². The predicted octanol–water partition coefficient (Wildman–Crippen LogP) is 1.67. The molecule has 1 aliphatic heterocycles. The van der Waals surface area contributed by atoms with Crippen molar-refractivity contribution in [3.8, 4) is 5.75 Å². The Kier molecular flexibility index (Phi) is 3.55. The fraction of sp³-hybridized carbons (Fsp3) is 0.286. The van der Waals surface area contributed by atoms with Crippen LogP contribution in [0.15, 0.2) is 30.0 Å². The topological polar surface area (TPSA) is 58.6 Å². The molecule has 0 saturated heterocycles. The zero-order valence-corrected chi connectivity index (χ0v) is 11.2. The molecule has 5 nitrogen and oxygen atoms in total. The molecule has 1 aliphatic rings. The first-order valence-electron chi connectivity index (χ1n) is 5.91. The van der Waals surface area contributed by atoms with Crippen molar-refractivity contribution in [2.75, 3.05) is 26.5 Å². The van der Waals surface area contributed by atoms with E-state index in [4.69, 9.17) is 4.74 Å². The molecule has 2 rings (SSSR count). The maximum atomic E-state index is 12.4. The summed E-state index contributed by atoms with van der Waals surface area (Å²) >= 11 is 0. The summed E-state index contributed by atoms with van der Waals surface area (Å²) in [6.45, 7) is 0. The maximum Gasteiger partial charge on any atom is 0.229 e. The van der Waals surface area contributed by atoms with Crippen LogP contribution in [-0.2, 0) is 4.79 Å². The number of rotatable bonds is 2. The third-order valence-electron chi connectivity index (χ3n) is 2.80. The lowest BCUT2D eigenvalue weighted by atomic mass is 10.0. The first kappa shape index (κ1) is 13.1. The molecule has 0 spiro atoms. The predicted molar refractivity (Wildman–Crippen MR) is 72.3 cm³/mol. The summed E-state index contributed by atoms with van der Waals surface area (Å²) in [6, 6.07) is 5.04. The normalized spacial score (nSPS) is 16.7. The van der Waals surface area contributed by atoms with Gasteiger partial charge in [-0.15, -0.1) is 0 Å². The molecule has 1 aromatic rings. The number of hydrogen-bond acceptors (Lipinski definition) is 4. The van der Waals surface area contributed by atoms with Crippen LogP contribution in [0.5, 0.6) is 5.75 Å². The highest BCUT2D eigenvalue weighted by atomic mass is 16.5. The van der Waals surface area contributed by atoms with Gasteiger partial charge in [-0.25, -0.2) is 0 Å². The fourth-order valence-electron chi connectivity index (χ4n) is 1.98. The number of benzene rings is 1. The first-order chi connectivity index (χ1) is 9.01. The second-order valence-electron chi connectivity index (χ2n) is 4.58. The number of carbonyl (C=O) groups is 2. The lowest BCUT2D eigenvalue weighted by Crippen LogP contribution is -2.12. The maximum absolute atomic E-state index is 12.4. The molecule has 0 saturated carbocycles. The number of nitrogens with zero attached hydrogens (tertiary/aromatic N) is 1. The Morgan fingerprint density at radius 1 is 1.32 bits per heavy atom. The molecule has 0 aliphatic carbocycles. The van der Waals surface area contributed by atoms with Crippen molar-refractivity contribution in [1.82, 2.24) is 4.90 Å². The second kappa shape index (κ2) is 5.14. The number of nitrogens with one attached hydrogen (secondary N) is 1. The van der Waals surface area contributed by atoms with Gasteiger partial charge < -0.3 is 15.0 Å². The molecule has 1 aromatic carbocycles. The van der Waals surface area contributed by atoms with Crippen molar-refractivity contribution in [1.29, 1.82) is 0 Å². The molecule has 19 heavy (non-hydrogen) atoms. The van der Waals surface area contributed by atoms with Crippen LogP contribution in [0.2, 0.25) is 0 Å². The van der Waals surface area contributed by atoms with Crippen molar-refractivity contribution in [3.63, 3.8) is 0 Å². The van der Waals surface area contributed by atoms with E-state index in [9.17, 15) is 9.59 Å². The van der Waals surface area contributed by atoms with Gasteiger partial charge >= 0.3 is 0 Å². The van der Waals surface area contributed by atoms with E-state index in [0.717, 1.165) is 0 Å². The van der Waals surface area contributed by atoms with Gasteiger partial charge in [-0.1, -0.05) is 0 Å². The lowest BCUT2D eigenvalue weighted by molar-refractivity contribution is -0.115. The van der Waals surface area contributed by atoms with Gasteiger partial charge in [0.1, 0.15) is 5.75 Å². The molecule has 1 heterocycles. The van der Waals surface area contributed by atoms with Crippen LogP contribution >= 0.6 is 0 Å². The van der Waals surface area contributed by atoms with Crippen molar-refractivity contribution in [3.05, 3.63) is 35.5 Å². The highest BCUT2D eigenvalue weighted by Gasteiger charge is 2.24. The SMILES string of the molecule is COc1ccc2c(c1)C(=O)/C(=C\N(C)C)CC(=O)N2. The highest BCUT2D eigenvalue weighted by molar-refractivity contribution is 6.18. The number of ether oxygens (including phenoxy) is 1. The minimum absolute atomic E-state index is 0.0774. The standard InChI is InChI=1S/C14H16N2O3/c1-16(2)8-9-6-13(17)15-12-5-4-10(19-3)7-11(12)14(9)18/h4-5,7-8H,6H2,1-3H3,(H,15,17)/b9-8-. The number of carbonyl (C=O) groups excluding carboxylic acids is 2. The molecule has 1 amide bonds. The lowest BCUT2D eigenvalue weighted by Gasteiger charge is -2.09. The van der Waals surface area contributed by atoms with Gasteiger partial charge in [-0.2, -0.15) is 0 Å². The molecular weight excluding hydrogens is 244 g/mol. The van der Waals surface area contributed by atoms with Crippen molar-refractivity contribution in [2.24, 2.45) is 0 Å². The average molecular weight is 260 g/mol. The second-order valence-corrected chi connectivity index (χ2v) is 4.58. The van der Waals surface area contributed by atoms with Crippen LogP contribution < -0.4 is 10.1 Å². The number of amides is 1. The van der Waals surface area contributed by atoms with E-state index < -0.39 is 0 Å². The summed E-state index contributed by atoms with van der Waals surface area (Å²) in [5, 5.41) is 2.73. The number of ketones is 1. The molecule has 0 radical (unpaired) electrons. The number of anilines is 1. The van der Waals surface area contributed by atoms with Gasteiger partial charge in [-0.05, 0) is 18.2 Å². The molecule has 5 heteroatoms. The quantitative estimate of drug-likeness (QED) is 0.822. The monoisotopic (exact) mass is 260 g/mol. The van der Waals surface area contributed by atoms with Crippen LogP contribution in [-0.4, -0.2) is 37.8 Å². The number of fused-ring (bicyclic) bond motifs is 1. The smallest absolute Gasteiger partial charge is 0.229 e. The summed E-state index contributed by atoms with van der Waals surface area (Å²) < 4.78 is 5.12. The Balaban J connectivity index is 2.52. The van der Waals surface area contributed by atoms with Crippen molar-refractivity contribution >= 4 is 17.4 Å². The van der Waals surface area contributed by atoms with E-state index in [-0.39, 0.29) is 18.1 Å². The van der Waals surface area contributed by atoms with Gasteiger partial charge in [-0.3, -0.25) is 9.59 Å². The average Bonchev–Trinajstić information content (AvgIpc) is 2.47. The first-order valence-corrected chi connectivity index (χ1v) is 5.91. The van der Waals surface area contributed by atoms with E-state index >= 15 is 0 Å². The highest BCUT2D eigenvalue weighted by Crippen LogP contribution is 2.28. The third-order valence-corrected chi connectivity index (χ3v) is 2.80. The van der Waals surface area contributed by atoms with Crippen LogP contribution in [0.25, 0.3) is 0 Å². The molecular formula is C14H16N2O3. The van der Waals surface area contributed by atoms with Gasteiger partial charge in [0.25, 0.3) is 0 Å². The van der Waals surface area contributed by atoms with E-state index in [1.807, 2.05) is 14.1 Å². The zero-order valence-electron chi connectivity index (χ0n) is 11.2. The summed E-state index contributed by atoms with van der Waals surface area (Å²) in [7, 11) is 5.17. The van der Waals surface area contributed by atoms with Gasteiger partial charge in [0.2, 0.25) is 5.91 Å². The molecule has 0 unspecified atom stereocenters. The fourth-order valence-corrected chi connectivity index (χ4v) is 1.98. The molecule has 0 atom stereocenters. The number of methoxy groups -OCH3 is 1. The van der Waals surface area contributed by atoms with Crippen molar-refractivity contribution in [2.45, 2.75) is 6.42 Å². The Morgan fingerprint density at radius 3 is 2.68 bits per heavy atom. The van der Waals surface area contributed by atoms with E-state index in [0.29, 0.717) is 22.6 Å². The van der Waals surface area contributed by atoms with Crippen molar-refractivity contribution < 1.29 is 14.3 Å². The minimum Gasteiger partial charge on any atom is -0.497 e. The van der Waals surface area contributed by atoms with Crippen LogP contribution in [0.4, 0.5) is 5.69 Å². The van der Waals surface area contributed by atoms with Gasteiger partial charge in [0, 0.05) is 31.4 Å². The van der Waals surface area contributed by atoms with Crippen LogP contribution in [0, 0.1) is 0 Å². The Bertz CT molecular complexity index is 562. The molecule has 1 N–H and O–H groups in total. The van der Waals surface area contributed by atoms with Crippen LogP contribution in [0.1, 0.15) is 16.8 Å². The molecule has 0 aromatic heterocycles. The number of Topliss-reactive ketones (excluding diaryl/α,β-unsaturated/α-hetero) is 1. The Hall–Kier alpha value is -2.30. The summed E-state index contributed by atoms with van der Waals surface area (Å²) in [6.07, 6.45) is 1.75. The summed E-state index contributed by atoms with van der Waals surface area (Å²) in [4.78, 5) is 26.0. The molecule has 0 fully saturated rings. The van der Waals surface area contributed by atoms with Gasteiger partial charge in [0.05, 0.1) is 19.2 Å². The van der Waals surface area contributed by atoms with E-state index in [1.165, 1.54) is 7.11 Å². The summed E-state index contributed by atoms with van der Waals surface area (Å²) in [5.41, 5.74) is 1.45. The third kappa shape index (κ3) is 2.76. The molecule has 0 bridgehead atoms. The minimum atomic E-state index is -0.189. The largest absolute Gasteiger partial charge is 0.497 e. The zero-order chi connectivity index (χ0) is 14.0. The van der Waals surface area contributed by atoms with Gasteiger partial charge in [0.15, 0.2) is 5.78 Å². The Morgan fingerprint density at radius 2 is 2.05 bits per heavy atom.